The van der Waals surface area contributed by atoms with Gasteiger partial charge in [-0.15, -0.1) is 0 Å². The van der Waals surface area contributed by atoms with Gasteiger partial charge in [0.15, 0.2) is 4.80 Å². The van der Waals surface area contributed by atoms with Crippen LogP contribution in [0.3, 0.4) is 0 Å². The van der Waals surface area contributed by atoms with E-state index in [0.717, 1.165) is 18.7 Å². The van der Waals surface area contributed by atoms with Crippen LogP contribution in [0.15, 0.2) is 99.9 Å². The van der Waals surface area contributed by atoms with E-state index in [2.05, 4.69) is 27.3 Å². The molecule has 2 aliphatic rings. The smallest absolute Gasteiger partial charge is 0.271 e. The molecule has 0 radical (unpaired) electrons. The van der Waals surface area contributed by atoms with E-state index in [9.17, 15) is 14.0 Å². The zero-order valence-corrected chi connectivity index (χ0v) is 22.2. The minimum absolute atomic E-state index is 0.241. The molecule has 3 aromatic carbocycles. The van der Waals surface area contributed by atoms with E-state index in [4.69, 9.17) is 0 Å². The van der Waals surface area contributed by atoms with Crippen LogP contribution in [0, 0.1) is 5.82 Å². The Kier molecular flexibility index (Phi) is 6.70. The van der Waals surface area contributed by atoms with Crippen LogP contribution in [0.2, 0.25) is 0 Å². The molecule has 6 nitrogen and oxygen atoms in total. The van der Waals surface area contributed by atoms with Gasteiger partial charge in [-0.3, -0.25) is 14.2 Å². The first-order valence-electron chi connectivity index (χ1n) is 13.0. The number of fused-ring (bicyclic) bond motifs is 1. The number of nitrogens with zero attached hydrogens (tertiary/aromatic N) is 3. The van der Waals surface area contributed by atoms with Crippen LogP contribution in [0.25, 0.3) is 6.08 Å². The number of para-hydroxylation sites is 1. The monoisotopic (exact) mass is 538 g/mol. The van der Waals surface area contributed by atoms with E-state index in [0.29, 0.717) is 31.9 Å². The number of anilines is 2. The number of rotatable bonds is 5. The molecule has 1 fully saturated rings. The molecule has 8 heteroatoms. The number of hydrogen-bond acceptors (Lipinski definition) is 5. The zero-order chi connectivity index (χ0) is 26.9. The summed E-state index contributed by atoms with van der Waals surface area (Å²) in [5.74, 6) is -0.747. The Morgan fingerprint density at radius 3 is 2.38 bits per heavy atom. The standard InChI is InChI=1S/C31H27FN4O2S/c1-20-27(29(37)34-24-7-3-2-4-8-24)28(22-11-13-23(32)14-12-22)36-30(38)26(39-31(36)33-20)19-21-9-15-25(16-10-21)35-17-5-6-18-35/h2-4,7-16,19,28H,5-6,17-18H2,1H3,(H,34,37). The number of hydrogen-bond donors (Lipinski definition) is 1. The van der Waals surface area contributed by atoms with Crippen LogP contribution in [-0.2, 0) is 4.79 Å². The van der Waals surface area contributed by atoms with Gasteiger partial charge in [0, 0.05) is 24.5 Å². The second kappa shape index (κ2) is 10.5. The lowest BCUT2D eigenvalue weighted by molar-refractivity contribution is -0.113. The van der Waals surface area contributed by atoms with Crippen LogP contribution in [0.4, 0.5) is 15.8 Å². The molecular weight excluding hydrogens is 511 g/mol. The summed E-state index contributed by atoms with van der Waals surface area (Å²) in [5.41, 5.74) is 3.99. The molecule has 0 bridgehead atoms. The first-order valence-corrected chi connectivity index (χ1v) is 13.8. The highest BCUT2D eigenvalue weighted by Gasteiger charge is 2.32. The predicted octanol–water partition coefficient (Wildman–Crippen LogP) is 4.61. The van der Waals surface area contributed by atoms with E-state index in [1.54, 1.807) is 35.8 Å². The fraction of sp³-hybridized carbons (Fsp3) is 0.194. The highest BCUT2D eigenvalue weighted by molar-refractivity contribution is 7.07. The van der Waals surface area contributed by atoms with Crippen molar-refractivity contribution in [3.05, 3.63) is 127 Å². The van der Waals surface area contributed by atoms with Crippen molar-refractivity contribution in [1.29, 1.82) is 0 Å². The van der Waals surface area contributed by atoms with Crippen molar-refractivity contribution in [2.45, 2.75) is 25.8 Å². The molecule has 1 amide bonds. The third-order valence-corrected chi connectivity index (χ3v) is 8.13. The van der Waals surface area contributed by atoms with Crippen molar-refractivity contribution in [3.63, 3.8) is 0 Å². The molecule has 3 heterocycles. The van der Waals surface area contributed by atoms with Gasteiger partial charge in [-0.2, -0.15) is 0 Å². The molecule has 4 aromatic rings. The number of amides is 1. The normalized spacial score (nSPS) is 17.2. The SMILES string of the molecule is CC1=C(C(=O)Nc2ccccc2)C(c2ccc(F)cc2)n2c(sc(=Cc3ccc(N4CCCC4)cc3)c2=O)=N1. The number of halogens is 1. The van der Waals surface area contributed by atoms with Gasteiger partial charge >= 0.3 is 0 Å². The Morgan fingerprint density at radius 1 is 1.00 bits per heavy atom. The van der Waals surface area contributed by atoms with E-state index >= 15 is 0 Å². The maximum absolute atomic E-state index is 13.8. The molecule has 1 saturated heterocycles. The molecule has 39 heavy (non-hydrogen) atoms. The van der Waals surface area contributed by atoms with Crippen molar-refractivity contribution in [2.75, 3.05) is 23.3 Å². The highest BCUT2D eigenvalue weighted by Crippen LogP contribution is 2.31. The third-order valence-electron chi connectivity index (χ3n) is 7.15. The maximum atomic E-state index is 13.8. The predicted molar refractivity (Wildman–Crippen MR) is 153 cm³/mol. The zero-order valence-electron chi connectivity index (χ0n) is 21.4. The summed E-state index contributed by atoms with van der Waals surface area (Å²) in [6.07, 6.45) is 4.29. The highest BCUT2D eigenvalue weighted by atomic mass is 32.1. The summed E-state index contributed by atoms with van der Waals surface area (Å²) >= 11 is 1.29. The quantitative estimate of drug-likeness (QED) is 0.404. The lowest BCUT2D eigenvalue weighted by Crippen LogP contribution is -2.40. The van der Waals surface area contributed by atoms with Crippen LogP contribution in [0.1, 0.15) is 36.9 Å². The molecule has 0 saturated carbocycles. The summed E-state index contributed by atoms with van der Waals surface area (Å²) in [6.45, 7) is 3.91. The number of nitrogens with one attached hydrogen (secondary N) is 1. The van der Waals surface area contributed by atoms with Crippen LogP contribution in [-0.4, -0.2) is 23.6 Å². The Morgan fingerprint density at radius 2 is 1.69 bits per heavy atom. The van der Waals surface area contributed by atoms with Crippen molar-refractivity contribution in [3.8, 4) is 0 Å². The average molecular weight is 539 g/mol. The molecule has 1 aromatic heterocycles. The summed E-state index contributed by atoms with van der Waals surface area (Å²) in [5, 5.41) is 2.92. The third kappa shape index (κ3) is 4.95. The summed E-state index contributed by atoms with van der Waals surface area (Å²) < 4.78 is 15.9. The fourth-order valence-corrected chi connectivity index (χ4v) is 6.25. The minimum atomic E-state index is -0.745. The summed E-state index contributed by atoms with van der Waals surface area (Å²) in [7, 11) is 0. The van der Waals surface area contributed by atoms with Crippen LogP contribution >= 0.6 is 11.3 Å². The van der Waals surface area contributed by atoms with Gasteiger partial charge in [0.25, 0.3) is 11.5 Å². The lowest BCUT2D eigenvalue weighted by atomic mass is 9.95. The average Bonchev–Trinajstić information content (AvgIpc) is 3.58. The Bertz CT molecular complexity index is 1730. The van der Waals surface area contributed by atoms with E-state index in [1.807, 2.05) is 36.4 Å². The van der Waals surface area contributed by atoms with E-state index in [1.165, 1.54) is 42.0 Å². The van der Waals surface area contributed by atoms with Crippen molar-refractivity contribution >= 4 is 34.7 Å². The molecule has 0 spiro atoms. The van der Waals surface area contributed by atoms with Gasteiger partial charge in [0.05, 0.1) is 21.8 Å². The van der Waals surface area contributed by atoms with Gasteiger partial charge in [0.1, 0.15) is 5.82 Å². The van der Waals surface area contributed by atoms with E-state index in [-0.39, 0.29) is 17.3 Å². The first-order chi connectivity index (χ1) is 19.0. The van der Waals surface area contributed by atoms with Gasteiger partial charge in [-0.05, 0) is 73.4 Å². The molecule has 1 N–H and O–H groups in total. The van der Waals surface area contributed by atoms with Gasteiger partial charge < -0.3 is 10.2 Å². The number of aromatic nitrogens is 1. The number of carbonyl (C=O) groups excluding carboxylic acids is 1. The second-order valence-electron chi connectivity index (χ2n) is 9.74. The largest absolute Gasteiger partial charge is 0.372 e. The first kappa shape index (κ1) is 25.0. The number of allylic oxidation sites excluding steroid dienone is 1. The molecule has 1 atom stereocenters. The van der Waals surface area contributed by atoms with Gasteiger partial charge in [-0.25, -0.2) is 9.38 Å². The Balaban J connectivity index is 1.43. The molecule has 6 rings (SSSR count). The molecule has 2 aliphatic heterocycles. The van der Waals surface area contributed by atoms with Gasteiger partial charge in [-0.1, -0.05) is 53.8 Å². The number of benzene rings is 3. The fourth-order valence-electron chi connectivity index (χ4n) is 5.20. The van der Waals surface area contributed by atoms with Gasteiger partial charge in [0.2, 0.25) is 0 Å². The molecular formula is C31H27FN4O2S. The number of thiazole rings is 1. The van der Waals surface area contributed by atoms with Crippen LogP contribution in [0.5, 0.6) is 0 Å². The van der Waals surface area contributed by atoms with Crippen molar-refractivity contribution in [1.82, 2.24) is 4.57 Å². The van der Waals surface area contributed by atoms with Crippen molar-refractivity contribution < 1.29 is 9.18 Å². The number of carbonyl (C=O) groups is 1. The molecule has 1 unspecified atom stereocenters. The summed E-state index contributed by atoms with van der Waals surface area (Å²) in [6, 6.07) is 22.5. The Hall–Kier alpha value is -4.30. The lowest BCUT2D eigenvalue weighted by Gasteiger charge is -2.25. The maximum Gasteiger partial charge on any atom is 0.271 e. The van der Waals surface area contributed by atoms with Crippen molar-refractivity contribution in [2.24, 2.45) is 4.99 Å². The van der Waals surface area contributed by atoms with E-state index < -0.39 is 6.04 Å². The minimum Gasteiger partial charge on any atom is -0.372 e. The second-order valence-corrected chi connectivity index (χ2v) is 10.7. The van der Waals surface area contributed by atoms with Crippen LogP contribution < -0.4 is 25.1 Å². The Labute approximate surface area is 229 Å². The topological polar surface area (TPSA) is 66.7 Å². The summed E-state index contributed by atoms with van der Waals surface area (Å²) in [4.78, 5) is 34.9. The molecule has 0 aliphatic carbocycles. The molecule has 196 valence electrons.